The van der Waals surface area contributed by atoms with Gasteiger partial charge in [-0.3, -0.25) is 4.40 Å². The minimum Gasteiger partial charge on any atom is -0.475 e. The van der Waals surface area contributed by atoms with E-state index < -0.39 is 12.6 Å². The molecule has 0 aliphatic carbocycles. The lowest BCUT2D eigenvalue weighted by atomic mass is 10.3. The Kier molecular flexibility index (Phi) is 3.74. The molecule has 0 bridgehead atoms. The van der Waals surface area contributed by atoms with Gasteiger partial charge in [0.1, 0.15) is 0 Å². The van der Waals surface area contributed by atoms with Crippen molar-refractivity contribution in [3.05, 3.63) is 18.6 Å². The molecule has 0 saturated carbocycles. The van der Waals surface area contributed by atoms with Crippen LogP contribution in [0.4, 0.5) is 19.0 Å². The van der Waals surface area contributed by atoms with Crippen molar-refractivity contribution < 1.29 is 17.9 Å². The fourth-order valence-electron chi connectivity index (χ4n) is 1.51. The molecule has 0 spiro atoms. The van der Waals surface area contributed by atoms with Gasteiger partial charge in [0.2, 0.25) is 5.65 Å². The van der Waals surface area contributed by atoms with Gasteiger partial charge >= 0.3 is 6.18 Å². The highest BCUT2D eigenvalue weighted by Gasteiger charge is 2.26. The van der Waals surface area contributed by atoms with Crippen LogP contribution in [-0.2, 0) is 0 Å². The molecule has 0 aliphatic heterocycles. The molecular formula is C10H12F3N5O. The summed E-state index contributed by atoms with van der Waals surface area (Å²) in [5.41, 5.74) is 2.77. The number of alkyl halides is 3. The van der Waals surface area contributed by atoms with E-state index in [0.29, 0.717) is 11.5 Å². The monoisotopic (exact) mass is 275 g/mol. The normalized spacial score (nSPS) is 11.8. The summed E-state index contributed by atoms with van der Waals surface area (Å²) >= 11 is 0. The Morgan fingerprint density at radius 3 is 2.89 bits per heavy atom. The van der Waals surface area contributed by atoms with E-state index in [4.69, 9.17) is 10.6 Å². The quantitative estimate of drug-likeness (QED) is 0.493. The molecule has 6 nitrogen and oxygen atoms in total. The van der Waals surface area contributed by atoms with Gasteiger partial charge in [0, 0.05) is 18.8 Å². The zero-order valence-electron chi connectivity index (χ0n) is 9.81. The molecule has 0 aliphatic rings. The molecule has 2 aromatic rings. The Labute approximate surface area is 106 Å². The van der Waals surface area contributed by atoms with Crippen LogP contribution in [0.1, 0.15) is 12.8 Å². The largest absolute Gasteiger partial charge is 0.475 e. The maximum absolute atomic E-state index is 12.0. The lowest BCUT2D eigenvalue weighted by Gasteiger charge is -2.09. The molecule has 2 heterocycles. The third-order valence-electron chi connectivity index (χ3n) is 2.33. The second-order valence-electron chi connectivity index (χ2n) is 3.80. The Morgan fingerprint density at radius 2 is 2.21 bits per heavy atom. The van der Waals surface area contributed by atoms with Crippen molar-refractivity contribution in [3.8, 4) is 5.88 Å². The summed E-state index contributed by atoms with van der Waals surface area (Å²) in [6.45, 7) is -0.0942. The number of ether oxygens (including phenoxy) is 1. The molecule has 0 amide bonds. The van der Waals surface area contributed by atoms with Crippen molar-refractivity contribution in [2.45, 2.75) is 19.0 Å². The van der Waals surface area contributed by atoms with Gasteiger partial charge in [-0.15, -0.1) is 0 Å². The van der Waals surface area contributed by atoms with Crippen LogP contribution in [0.3, 0.4) is 0 Å². The number of fused-ring (bicyclic) bond motifs is 1. The van der Waals surface area contributed by atoms with Crippen LogP contribution in [0.5, 0.6) is 5.88 Å². The Hall–Kier alpha value is -2.03. The number of nitrogens with zero attached hydrogens (tertiary/aromatic N) is 3. The average Bonchev–Trinajstić information content (AvgIpc) is 2.81. The van der Waals surface area contributed by atoms with Crippen molar-refractivity contribution in [2.75, 3.05) is 12.0 Å². The summed E-state index contributed by atoms with van der Waals surface area (Å²) in [5, 5.41) is 0. The van der Waals surface area contributed by atoms with Crippen molar-refractivity contribution in [1.29, 1.82) is 0 Å². The lowest BCUT2D eigenvalue weighted by Crippen LogP contribution is -2.12. The van der Waals surface area contributed by atoms with Gasteiger partial charge in [-0.05, 0) is 6.42 Å². The fraction of sp³-hybridized carbons (Fsp3) is 0.400. The van der Waals surface area contributed by atoms with Crippen LogP contribution >= 0.6 is 0 Å². The standard InChI is InChI=1S/C10H12F3N5O/c11-10(12,13)2-1-5-19-9-8-15-3-4-18(8)6-7(16-9)17-14/h3-4,6,17H,1-2,5,14H2. The SMILES string of the molecule is NNc1cn2ccnc2c(OCCCC(F)(F)F)n1. The molecular weight excluding hydrogens is 263 g/mol. The van der Waals surface area contributed by atoms with Crippen molar-refractivity contribution >= 4 is 11.5 Å². The molecule has 2 aromatic heterocycles. The van der Waals surface area contributed by atoms with E-state index in [2.05, 4.69) is 15.4 Å². The van der Waals surface area contributed by atoms with Crippen LogP contribution in [0, 0.1) is 0 Å². The summed E-state index contributed by atoms with van der Waals surface area (Å²) in [7, 11) is 0. The van der Waals surface area contributed by atoms with Crippen LogP contribution in [0.25, 0.3) is 5.65 Å². The Balaban J connectivity index is 2.05. The van der Waals surface area contributed by atoms with Crippen molar-refractivity contribution in [2.24, 2.45) is 5.84 Å². The first kappa shape index (κ1) is 13.4. The van der Waals surface area contributed by atoms with Gasteiger partial charge in [-0.1, -0.05) is 0 Å². The van der Waals surface area contributed by atoms with Crippen LogP contribution in [0.2, 0.25) is 0 Å². The number of rotatable bonds is 5. The number of hydrogen-bond acceptors (Lipinski definition) is 5. The summed E-state index contributed by atoms with van der Waals surface area (Å²) in [6, 6.07) is 0. The predicted octanol–water partition coefficient (Wildman–Crippen LogP) is 1.74. The van der Waals surface area contributed by atoms with E-state index in [-0.39, 0.29) is 18.9 Å². The summed E-state index contributed by atoms with van der Waals surface area (Å²) in [5.74, 6) is 5.71. The van der Waals surface area contributed by atoms with Gasteiger partial charge in [0.25, 0.3) is 5.88 Å². The van der Waals surface area contributed by atoms with E-state index in [9.17, 15) is 13.2 Å². The number of aromatic nitrogens is 3. The number of nitrogens with two attached hydrogens (primary N) is 1. The van der Waals surface area contributed by atoms with E-state index in [0.717, 1.165) is 0 Å². The maximum atomic E-state index is 12.0. The summed E-state index contributed by atoms with van der Waals surface area (Å²) in [6.07, 6.45) is -0.448. The van der Waals surface area contributed by atoms with Crippen LogP contribution in [-0.4, -0.2) is 27.2 Å². The highest BCUT2D eigenvalue weighted by molar-refractivity contribution is 5.53. The summed E-state index contributed by atoms with van der Waals surface area (Å²) < 4.78 is 42.8. The maximum Gasteiger partial charge on any atom is 0.389 e. The van der Waals surface area contributed by atoms with Crippen LogP contribution in [0.15, 0.2) is 18.6 Å². The topological polar surface area (TPSA) is 77.5 Å². The number of hydrogen-bond donors (Lipinski definition) is 2. The molecule has 0 saturated heterocycles. The van der Waals surface area contributed by atoms with Crippen LogP contribution < -0.4 is 16.0 Å². The smallest absolute Gasteiger partial charge is 0.389 e. The number of halogens is 3. The van der Waals surface area contributed by atoms with Gasteiger partial charge in [-0.25, -0.2) is 10.8 Å². The second-order valence-corrected chi connectivity index (χ2v) is 3.80. The molecule has 0 atom stereocenters. The molecule has 104 valence electrons. The number of nitrogens with one attached hydrogen (secondary N) is 1. The molecule has 2 rings (SSSR count). The van der Waals surface area contributed by atoms with Gasteiger partial charge < -0.3 is 10.2 Å². The number of imidazole rings is 1. The van der Waals surface area contributed by atoms with Gasteiger partial charge in [-0.2, -0.15) is 18.2 Å². The molecule has 9 heteroatoms. The lowest BCUT2D eigenvalue weighted by molar-refractivity contribution is -0.136. The number of nitrogen functional groups attached to an aromatic ring is 1. The third kappa shape index (κ3) is 3.47. The van der Waals surface area contributed by atoms with E-state index in [1.54, 1.807) is 16.8 Å². The molecule has 0 aromatic carbocycles. The number of anilines is 1. The third-order valence-corrected chi connectivity index (χ3v) is 2.33. The molecule has 0 radical (unpaired) electrons. The molecule has 19 heavy (non-hydrogen) atoms. The first-order chi connectivity index (χ1) is 8.99. The van der Waals surface area contributed by atoms with Gasteiger partial charge in [0.05, 0.1) is 12.8 Å². The Bertz CT molecular complexity index is 554. The zero-order valence-corrected chi connectivity index (χ0v) is 9.81. The minimum atomic E-state index is -4.18. The van der Waals surface area contributed by atoms with Crippen molar-refractivity contribution in [3.63, 3.8) is 0 Å². The highest BCUT2D eigenvalue weighted by atomic mass is 19.4. The molecule has 0 unspecified atom stereocenters. The Morgan fingerprint density at radius 1 is 1.42 bits per heavy atom. The fourth-order valence-corrected chi connectivity index (χ4v) is 1.51. The first-order valence-corrected chi connectivity index (χ1v) is 5.49. The van der Waals surface area contributed by atoms with E-state index in [1.807, 2.05) is 0 Å². The first-order valence-electron chi connectivity index (χ1n) is 5.49. The second kappa shape index (κ2) is 5.31. The van der Waals surface area contributed by atoms with E-state index >= 15 is 0 Å². The zero-order chi connectivity index (χ0) is 13.9. The van der Waals surface area contributed by atoms with Gasteiger partial charge in [0.15, 0.2) is 5.82 Å². The molecule has 3 N–H and O–H groups in total. The number of hydrazine groups is 1. The minimum absolute atomic E-state index is 0.0942. The molecule has 0 fully saturated rings. The highest BCUT2D eigenvalue weighted by Crippen LogP contribution is 2.22. The predicted molar refractivity (Wildman–Crippen MR) is 61.6 cm³/mol. The van der Waals surface area contributed by atoms with Crippen molar-refractivity contribution in [1.82, 2.24) is 14.4 Å². The van der Waals surface area contributed by atoms with E-state index in [1.165, 1.54) is 6.20 Å². The average molecular weight is 275 g/mol. The summed E-state index contributed by atoms with van der Waals surface area (Å²) in [4.78, 5) is 8.01.